The van der Waals surface area contributed by atoms with Gasteiger partial charge in [-0.1, -0.05) is 42.8 Å². The Morgan fingerprint density at radius 2 is 1.86 bits per heavy atom. The zero-order valence-electron chi connectivity index (χ0n) is 13.1. The molecule has 0 bridgehead atoms. The fraction of sp³-hybridized carbons (Fsp3) is 0.316. The highest BCUT2D eigenvalue weighted by molar-refractivity contribution is 6.31. The summed E-state index contributed by atoms with van der Waals surface area (Å²) in [5.74, 6) is 0.404. The summed E-state index contributed by atoms with van der Waals surface area (Å²) in [6.45, 7) is 8.24. The molecular weight excluding hydrogens is 278 g/mol. The minimum absolute atomic E-state index is 0.404. The van der Waals surface area contributed by atoms with Crippen molar-refractivity contribution in [3.63, 3.8) is 0 Å². The van der Waals surface area contributed by atoms with Crippen molar-refractivity contribution in [2.24, 2.45) is 0 Å². The van der Waals surface area contributed by atoms with Crippen LogP contribution in [-0.2, 0) is 6.42 Å². The second kappa shape index (κ2) is 6.44. The molecule has 0 spiro atoms. The third-order valence-corrected chi connectivity index (χ3v) is 4.44. The maximum absolute atomic E-state index is 7.76. The van der Waals surface area contributed by atoms with Crippen molar-refractivity contribution >= 4 is 17.3 Å². The van der Waals surface area contributed by atoms with Crippen molar-refractivity contribution in [2.45, 2.75) is 40.0 Å². The van der Waals surface area contributed by atoms with Gasteiger partial charge in [-0.05, 0) is 73.1 Å². The van der Waals surface area contributed by atoms with Gasteiger partial charge < -0.3 is 5.41 Å². The van der Waals surface area contributed by atoms with Crippen molar-refractivity contribution < 1.29 is 0 Å². The molecule has 1 N–H and O–H groups in total. The summed E-state index contributed by atoms with van der Waals surface area (Å²) in [5.41, 5.74) is 6.61. The van der Waals surface area contributed by atoms with Gasteiger partial charge in [-0.25, -0.2) is 0 Å². The fourth-order valence-corrected chi connectivity index (χ4v) is 2.80. The molecule has 0 aliphatic heterocycles. The summed E-state index contributed by atoms with van der Waals surface area (Å²) in [6, 6.07) is 12.5. The van der Waals surface area contributed by atoms with E-state index in [9.17, 15) is 0 Å². The lowest BCUT2D eigenvalue weighted by atomic mass is 9.90. The number of hydrogen-bond acceptors (Lipinski definition) is 1. The molecule has 0 aliphatic rings. The Morgan fingerprint density at radius 1 is 1.14 bits per heavy atom. The quantitative estimate of drug-likeness (QED) is 0.701. The van der Waals surface area contributed by atoms with E-state index in [1.54, 1.807) is 0 Å². The van der Waals surface area contributed by atoms with Gasteiger partial charge in [0, 0.05) is 10.7 Å². The first kappa shape index (κ1) is 15.8. The van der Waals surface area contributed by atoms with Crippen LogP contribution in [0.5, 0.6) is 0 Å². The molecule has 1 atom stereocenters. The Kier molecular flexibility index (Phi) is 4.84. The van der Waals surface area contributed by atoms with Crippen LogP contribution in [0.1, 0.15) is 47.6 Å². The van der Waals surface area contributed by atoms with E-state index in [-0.39, 0.29) is 0 Å². The van der Waals surface area contributed by atoms with Crippen LogP contribution in [0.15, 0.2) is 36.4 Å². The predicted molar refractivity (Wildman–Crippen MR) is 92.0 cm³/mol. The molecule has 2 aromatic rings. The maximum atomic E-state index is 7.76. The first-order valence-corrected chi connectivity index (χ1v) is 7.67. The van der Waals surface area contributed by atoms with E-state index < -0.39 is 0 Å². The van der Waals surface area contributed by atoms with Crippen LogP contribution in [0.25, 0.3) is 0 Å². The molecule has 2 aromatic carbocycles. The minimum atomic E-state index is 0.404. The van der Waals surface area contributed by atoms with Gasteiger partial charge >= 0.3 is 0 Å². The van der Waals surface area contributed by atoms with Gasteiger partial charge in [-0.3, -0.25) is 0 Å². The van der Waals surface area contributed by atoms with E-state index in [4.69, 9.17) is 17.0 Å². The van der Waals surface area contributed by atoms with E-state index >= 15 is 0 Å². The highest BCUT2D eigenvalue weighted by atomic mass is 35.5. The van der Waals surface area contributed by atoms with Crippen LogP contribution >= 0.6 is 11.6 Å². The molecule has 0 saturated carbocycles. The molecule has 0 heterocycles. The minimum Gasteiger partial charge on any atom is -0.305 e. The van der Waals surface area contributed by atoms with Gasteiger partial charge in [0.15, 0.2) is 0 Å². The Bertz CT molecular complexity index is 673. The van der Waals surface area contributed by atoms with Crippen molar-refractivity contribution in [1.29, 1.82) is 5.41 Å². The van der Waals surface area contributed by atoms with E-state index in [0.717, 1.165) is 22.6 Å². The van der Waals surface area contributed by atoms with Crippen LogP contribution in [0.2, 0.25) is 5.02 Å². The largest absolute Gasteiger partial charge is 0.305 e. The Balaban J connectivity index is 2.26. The third kappa shape index (κ3) is 3.74. The smallest absolute Gasteiger partial charge is 0.0438 e. The average molecular weight is 300 g/mol. The number of halogens is 1. The summed E-state index contributed by atoms with van der Waals surface area (Å²) >= 11 is 6.25. The van der Waals surface area contributed by atoms with Crippen LogP contribution in [0.4, 0.5) is 0 Å². The average Bonchev–Trinajstić information content (AvgIpc) is 2.44. The van der Waals surface area contributed by atoms with Crippen molar-refractivity contribution in [3.05, 3.63) is 69.2 Å². The lowest BCUT2D eigenvalue weighted by Crippen LogP contribution is -2.02. The summed E-state index contributed by atoms with van der Waals surface area (Å²) in [5, 5.41) is 8.60. The van der Waals surface area contributed by atoms with Gasteiger partial charge in [0.1, 0.15) is 0 Å². The lowest BCUT2D eigenvalue weighted by Gasteiger charge is -2.16. The van der Waals surface area contributed by atoms with E-state index in [0.29, 0.717) is 11.6 Å². The number of benzene rings is 2. The molecule has 0 radical (unpaired) electrons. The molecule has 1 unspecified atom stereocenters. The molecule has 2 rings (SSSR count). The normalized spacial score (nSPS) is 12.2. The summed E-state index contributed by atoms with van der Waals surface area (Å²) in [4.78, 5) is 0. The van der Waals surface area contributed by atoms with Gasteiger partial charge in [0.05, 0.1) is 0 Å². The number of rotatable bonds is 4. The number of hydrogen-bond donors (Lipinski definition) is 1. The summed E-state index contributed by atoms with van der Waals surface area (Å²) < 4.78 is 0. The monoisotopic (exact) mass is 299 g/mol. The second-order valence-electron chi connectivity index (χ2n) is 5.88. The van der Waals surface area contributed by atoms with Gasteiger partial charge in [0.25, 0.3) is 0 Å². The highest BCUT2D eigenvalue weighted by Crippen LogP contribution is 2.27. The van der Waals surface area contributed by atoms with Crippen LogP contribution in [0.3, 0.4) is 0 Å². The van der Waals surface area contributed by atoms with Crippen LogP contribution in [-0.4, -0.2) is 5.71 Å². The summed E-state index contributed by atoms with van der Waals surface area (Å²) in [6.07, 6.45) is 0.965. The standard InChI is InChI=1S/C19H22ClN/c1-12-8-14(3)19(20)11-18(12)9-13(2)16-6-5-7-17(10-16)15(4)21/h5-8,10-11,13,21H,9H2,1-4H3. The summed E-state index contributed by atoms with van der Waals surface area (Å²) in [7, 11) is 0. The van der Waals surface area contributed by atoms with E-state index in [2.05, 4.69) is 38.1 Å². The molecule has 0 aromatic heterocycles. The van der Waals surface area contributed by atoms with Crippen LogP contribution < -0.4 is 0 Å². The SMILES string of the molecule is CC(=N)c1cccc(C(C)Cc2cc(Cl)c(C)cc2C)c1. The van der Waals surface area contributed by atoms with Gasteiger partial charge in [-0.2, -0.15) is 0 Å². The highest BCUT2D eigenvalue weighted by Gasteiger charge is 2.11. The number of aryl methyl sites for hydroxylation is 2. The first-order chi connectivity index (χ1) is 9.88. The fourth-order valence-electron chi connectivity index (χ4n) is 2.61. The first-order valence-electron chi connectivity index (χ1n) is 7.29. The molecule has 21 heavy (non-hydrogen) atoms. The van der Waals surface area contributed by atoms with E-state index in [1.807, 2.05) is 26.0 Å². The topological polar surface area (TPSA) is 23.9 Å². The molecule has 110 valence electrons. The zero-order valence-corrected chi connectivity index (χ0v) is 13.9. The predicted octanol–water partition coefficient (Wildman–Crippen LogP) is 5.69. The van der Waals surface area contributed by atoms with Crippen molar-refractivity contribution in [3.8, 4) is 0 Å². The van der Waals surface area contributed by atoms with Crippen molar-refractivity contribution in [1.82, 2.24) is 0 Å². The van der Waals surface area contributed by atoms with Crippen molar-refractivity contribution in [2.75, 3.05) is 0 Å². The number of nitrogens with one attached hydrogen (secondary N) is 1. The molecule has 1 nitrogen and oxygen atoms in total. The molecular formula is C19H22ClN. The second-order valence-corrected chi connectivity index (χ2v) is 6.29. The molecule has 2 heteroatoms. The van der Waals surface area contributed by atoms with Gasteiger partial charge in [0.2, 0.25) is 0 Å². The lowest BCUT2D eigenvalue weighted by molar-refractivity contribution is 0.755. The molecule has 0 aliphatic carbocycles. The Labute approximate surface area is 132 Å². The van der Waals surface area contributed by atoms with Gasteiger partial charge in [-0.15, -0.1) is 0 Å². The molecule has 0 saturated heterocycles. The molecule has 0 amide bonds. The third-order valence-electron chi connectivity index (χ3n) is 4.03. The van der Waals surface area contributed by atoms with Crippen LogP contribution in [0, 0.1) is 19.3 Å². The Morgan fingerprint density at radius 3 is 2.52 bits per heavy atom. The Hall–Kier alpha value is -1.60. The molecule has 0 fully saturated rings. The zero-order chi connectivity index (χ0) is 15.6. The maximum Gasteiger partial charge on any atom is 0.0438 e. The van der Waals surface area contributed by atoms with E-state index in [1.165, 1.54) is 16.7 Å².